The van der Waals surface area contributed by atoms with Crippen molar-refractivity contribution in [1.82, 2.24) is 4.72 Å². The predicted molar refractivity (Wildman–Crippen MR) is 56.0 cm³/mol. The number of carbonyl (C=O) groups is 1. The van der Waals surface area contributed by atoms with E-state index in [-0.39, 0.29) is 5.41 Å². The fourth-order valence-electron chi connectivity index (χ4n) is 1.70. The van der Waals surface area contributed by atoms with Crippen molar-refractivity contribution < 1.29 is 18.3 Å². The number of aliphatic carboxylic acids is 1. The molecule has 0 aromatic heterocycles. The number of nitrogens with one attached hydrogen (secondary N) is 1. The minimum absolute atomic E-state index is 0.111. The van der Waals surface area contributed by atoms with Crippen molar-refractivity contribution >= 4 is 16.0 Å². The van der Waals surface area contributed by atoms with Gasteiger partial charge < -0.3 is 5.11 Å². The van der Waals surface area contributed by atoms with Gasteiger partial charge in [-0.2, -0.15) is 0 Å². The molecule has 5 nitrogen and oxygen atoms in total. The number of hydrogen-bond acceptors (Lipinski definition) is 3. The van der Waals surface area contributed by atoms with Crippen LogP contribution in [0.5, 0.6) is 0 Å². The molecule has 1 aliphatic rings. The molecule has 0 spiro atoms. The highest BCUT2D eigenvalue weighted by molar-refractivity contribution is 7.90. The van der Waals surface area contributed by atoms with E-state index in [1.54, 1.807) is 0 Å². The van der Waals surface area contributed by atoms with Crippen molar-refractivity contribution in [2.45, 2.75) is 32.6 Å². The third-order valence-corrected chi connectivity index (χ3v) is 3.93. The second-order valence-electron chi connectivity index (χ2n) is 4.22. The van der Waals surface area contributed by atoms with E-state index in [0.717, 1.165) is 25.7 Å². The van der Waals surface area contributed by atoms with Gasteiger partial charge in [0, 0.05) is 6.54 Å². The molecule has 2 N–H and O–H groups in total. The number of rotatable bonds is 7. The van der Waals surface area contributed by atoms with Crippen LogP contribution in [0.4, 0.5) is 0 Å². The monoisotopic (exact) mass is 235 g/mol. The van der Waals surface area contributed by atoms with Gasteiger partial charge in [0.25, 0.3) is 0 Å². The third kappa shape index (κ3) is 4.17. The molecular weight excluding hydrogens is 218 g/mol. The Hall–Kier alpha value is -0.620. The van der Waals surface area contributed by atoms with Gasteiger partial charge in [0.05, 0.1) is 0 Å². The van der Waals surface area contributed by atoms with Crippen molar-refractivity contribution in [3.8, 4) is 0 Å². The van der Waals surface area contributed by atoms with Crippen LogP contribution < -0.4 is 4.72 Å². The summed E-state index contributed by atoms with van der Waals surface area (Å²) in [6.45, 7) is 2.45. The standard InChI is InChI=1S/C9H17NO4S/c1-2-3-9(4-5-9)7-10-15(13,14)6-8(11)12/h10H,2-7H2,1H3,(H,11,12). The summed E-state index contributed by atoms with van der Waals surface area (Å²) in [7, 11) is -3.64. The normalized spacial score (nSPS) is 18.7. The SMILES string of the molecule is CCCC1(CNS(=O)(=O)CC(=O)O)CC1. The summed E-state index contributed by atoms with van der Waals surface area (Å²) in [5, 5.41) is 8.38. The van der Waals surface area contributed by atoms with E-state index in [1.165, 1.54) is 0 Å². The second kappa shape index (κ2) is 4.49. The summed E-state index contributed by atoms with van der Waals surface area (Å²) in [5.74, 6) is -2.15. The molecule has 0 amide bonds. The van der Waals surface area contributed by atoms with Crippen molar-refractivity contribution in [1.29, 1.82) is 0 Å². The van der Waals surface area contributed by atoms with Gasteiger partial charge in [-0.15, -0.1) is 0 Å². The average molecular weight is 235 g/mol. The van der Waals surface area contributed by atoms with Gasteiger partial charge >= 0.3 is 5.97 Å². The Morgan fingerprint density at radius 2 is 2.07 bits per heavy atom. The number of sulfonamides is 1. The van der Waals surface area contributed by atoms with Crippen LogP contribution in [0.25, 0.3) is 0 Å². The van der Waals surface area contributed by atoms with Crippen LogP contribution >= 0.6 is 0 Å². The van der Waals surface area contributed by atoms with Gasteiger partial charge in [0.1, 0.15) is 0 Å². The first-order valence-corrected chi connectivity index (χ1v) is 6.73. The number of hydrogen-bond donors (Lipinski definition) is 2. The lowest BCUT2D eigenvalue weighted by Crippen LogP contribution is -2.34. The molecule has 1 saturated carbocycles. The molecule has 6 heteroatoms. The van der Waals surface area contributed by atoms with E-state index in [0.29, 0.717) is 6.54 Å². The van der Waals surface area contributed by atoms with Gasteiger partial charge in [0.2, 0.25) is 10.0 Å². The van der Waals surface area contributed by atoms with Crippen LogP contribution in [0.2, 0.25) is 0 Å². The summed E-state index contributed by atoms with van der Waals surface area (Å²) >= 11 is 0. The predicted octanol–water partition coefficient (Wildman–Crippen LogP) is 0.571. The Morgan fingerprint density at radius 1 is 1.47 bits per heavy atom. The average Bonchev–Trinajstić information content (AvgIpc) is 2.81. The van der Waals surface area contributed by atoms with Crippen molar-refractivity contribution in [3.05, 3.63) is 0 Å². The lowest BCUT2D eigenvalue weighted by Gasteiger charge is -2.14. The maximum Gasteiger partial charge on any atom is 0.320 e. The highest BCUT2D eigenvalue weighted by Gasteiger charge is 2.42. The van der Waals surface area contributed by atoms with Crippen LogP contribution in [0.15, 0.2) is 0 Å². The van der Waals surface area contributed by atoms with E-state index in [1.807, 2.05) is 0 Å². The summed E-state index contributed by atoms with van der Waals surface area (Å²) < 4.78 is 24.8. The first kappa shape index (κ1) is 12.4. The van der Waals surface area contributed by atoms with Gasteiger partial charge in [-0.25, -0.2) is 13.1 Å². The lowest BCUT2D eigenvalue weighted by molar-refractivity contribution is -0.134. The van der Waals surface area contributed by atoms with E-state index in [4.69, 9.17) is 5.11 Å². The maximum absolute atomic E-state index is 11.2. The minimum Gasteiger partial charge on any atom is -0.480 e. The molecule has 0 saturated heterocycles. The fraction of sp³-hybridized carbons (Fsp3) is 0.889. The molecule has 0 unspecified atom stereocenters. The first-order chi connectivity index (χ1) is 6.89. The Morgan fingerprint density at radius 3 is 2.47 bits per heavy atom. The Kier molecular flexibility index (Phi) is 3.72. The lowest BCUT2D eigenvalue weighted by atomic mass is 10.0. The van der Waals surface area contributed by atoms with Gasteiger partial charge in [-0.1, -0.05) is 13.3 Å². The van der Waals surface area contributed by atoms with Crippen LogP contribution in [-0.2, 0) is 14.8 Å². The van der Waals surface area contributed by atoms with Gasteiger partial charge in [-0.3, -0.25) is 4.79 Å². The molecule has 0 aliphatic heterocycles. The zero-order chi connectivity index (χ0) is 11.5. The Labute approximate surface area is 89.9 Å². The van der Waals surface area contributed by atoms with Gasteiger partial charge in [0.15, 0.2) is 5.75 Å². The minimum atomic E-state index is -3.64. The van der Waals surface area contributed by atoms with E-state index >= 15 is 0 Å². The van der Waals surface area contributed by atoms with Crippen LogP contribution in [0.3, 0.4) is 0 Å². The van der Waals surface area contributed by atoms with Crippen LogP contribution in [0.1, 0.15) is 32.6 Å². The smallest absolute Gasteiger partial charge is 0.320 e. The summed E-state index contributed by atoms with van der Waals surface area (Å²) in [5.41, 5.74) is 0.111. The number of carboxylic acids is 1. The van der Waals surface area contributed by atoms with Gasteiger partial charge in [-0.05, 0) is 24.7 Å². The van der Waals surface area contributed by atoms with E-state index in [2.05, 4.69) is 11.6 Å². The molecular formula is C9H17NO4S. The molecule has 0 aromatic carbocycles. The molecule has 1 aliphatic carbocycles. The van der Waals surface area contributed by atoms with E-state index < -0.39 is 21.7 Å². The second-order valence-corrected chi connectivity index (χ2v) is 6.03. The highest BCUT2D eigenvalue weighted by atomic mass is 32.2. The molecule has 0 radical (unpaired) electrons. The molecule has 0 atom stereocenters. The molecule has 0 bridgehead atoms. The fourth-order valence-corrected chi connectivity index (χ4v) is 2.65. The summed E-state index contributed by atoms with van der Waals surface area (Å²) in [4.78, 5) is 10.3. The van der Waals surface area contributed by atoms with Crippen LogP contribution in [0, 0.1) is 5.41 Å². The molecule has 1 rings (SSSR count). The maximum atomic E-state index is 11.2. The van der Waals surface area contributed by atoms with E-state index in [9.17, 15) is 13.2 Å². The molecule has 88 valence electrons. The first-order valence-electron chi connectivity index (χ1n) is 5.08. The largest absolute Gasteiger partial charge is 0.480 e. The zero-order valence-corrected chi connectivity index (χ0v) is 9.64. The Balaban J connectivity index is 2.39. The Bertz CT molecular complexity index is 332. The van der Waals surface area contributed by atoms with Crippen molar-refractivity contribution in [3.63, 3.8) is 0 Å². The van der Waals surface area contributed by atoms with Crippen LogP contribution in [-0.4, -0.2) is 31.8 Å². The van der Waals surface area contributed by atoms with Crippen molar-refractivity contribution in [2.24, 2.45) is 5.41 Å². The molecule has 1 fully saturated rings. The highest BCUT2D eigenvalue weighted by Crippen LogP contribution is 2.48. The van der Waals surface area contributed by atoms with Crippen molar-refractivity contribution in [2.75, 3.05) is 12.3 Å². The molecule has 0 aromatic rings. The summed E-state index contributed by atoms with van der Waals surface area (Å²) in [6.07, 6.45) is 4.11. The zero-order valence-electron chi connectivity index (χ0n) is 8.82. The summed E-state index contributed by atoms with van der Waals surface area (Å²) in [6, 6.07) is 0. The molecule has 15 heavy (non-hydrogen) atoms. The topological polar surface area (TPSA) is 83.5 Å². The quantitative estimate of drug-likeness (QED) is 0.675. The number of carboxylic acid groups (broad SMARTS) is 1. The molecule has 0 heterocycles. The third-order valence-electron chi connectivity index (χ3n) is 2.72.